The van der Waals surface area contributed by atoms with Gasteiger partial charge >= 0.3 is 0 Å². The van der Waals surface area contributed by atoms with Gasteiger partial charge in [-0.25, -0.2) is 4.98 Å². The third kappa shape index (κ3) is 4.16. The highest BCUT2D eigenvalue weighted by molar-refractivity contribution is 6.28. The molecule has 0 atom stereocenters. The van der Waals surface area contributed by atoms with Crippen molar-refractivity contribution < 1.29 is 4.79 Å². The van der Waals surface area contributed by atoms with E-state index >= 15 is 0 Å². The van der Waals surface area contributed by atoms with E-state index in [2.05, 4.69) is 25.3 Å². The fourth-order valence-corrected chi connectivity index (χ4v) is 1.69. The molecule has 0 saturated heterocycles. The number of anilines is 1. The summed E-state index contributed by atoms with van der Waals surface area (Å²) in [7, 11) is 0. The molecular formula is C11H14ClN7O. The Balaban J connectivity index is 1.93. The first-order chi connectivity index (χ1) is 9.65. The van der Waals surface area contributed by atoms with E-state index in [0.717, 1.165) is 12.8 Å². The van der Waals surface area contributed by atoms with E-state index in [1.54, 1.807) is 23.3 Å². The zero-order chi connectivity index (χ0) is 14.4. The number of unbranched alkanes of at least 4 members (excludes halogenated alkanes) is 1. The molecule has 0 unspecified atom stereocenters. The van der Waals surface area contributed by atoms with Gasteiger partial charge in [-0.05, 0) is 24.4 Å². The Kier molecular flexibility index (Phi) is 4.83. The van der Waals surface area contributed by atoms with E-state index < -0.39 is 0 Å². The van der Waals surface area contributed by atoms with Crippen LogP contribution in [-0.2, 0) is 4.79 Å². The van der Waals surface area contributed by atoms with Crippen LogP contribution in [-0.4, -0.2) is 37.0 Å². The minimum absolute atomic E-state index is 0.100. The number of nitrogens with two attached hydrogens (primary N) is 1. The van der Waals surface area contributed by atoms with Crippen molar-refractivity contribution in [2.24, 2.45) is 5.73 Å². The molecule has 2 aromatic rings. The quantitative estimate of drug-likeness (QED) is 0.730. The Hall–Kier alpha value is -2.22. The van der Waals surface area contributed by atoms with Crippen LogP contribution in [0.25, 0.3) is 5.95 Å². The third-order valence-corrected chi connectivity index (χ3v) is 2.63. The van der Waals surface area contributed by atoms with Gasteiger partial charge in [0.2, 0.25) is 23.1 Å². The summed E-state index contributed by atoms with van der Waals surface area (Å²) in [6, 6.07) is 0. The van der Waals surface area contributed by atoms with Gasteiger partial charge in [-0.15, -0.1) is 0 Å². The number of halogens is 1. The minimum Gasteiger partial charge on any atom is -0.370 e. The molecule has 0 aliphatic rings. The number of hydrogen-bond donors (Lipinski definition) is 2. The number of aromatic nitrogens is 5. The molecule has 0 aliphatic heterocycles. The average Bonchev–Trinajstić information content (AvgIpc) is 2.91. The smallest absolute Gasteiger partial charge is 0.241 e. The minimum atomic E-state index is -0.296. The van der Waals surface area contributed by atoms with Crippen LogP contribution < -0.4 is 11.1 Å². The zero-order valence-corrected chi connectivity index (χ0v) is 11.4. The second-order valence-corrected chi connectivity index (χ2v) is 4.39. The lowest BCUT2D eigenvalue weighted by molar-refractivity contribution is -0.118. The van der Waals surface area contributed by atoms with Gasteiger partial charge in [-0.3, -0.25) is 9.36 Å². The lowest BCUT2D eigenvalue weighted by Crippen LogP contribution is -2.12. The van der Waals surface area contributed by atoms with E-state index in [4.69, 9.17) is 17.3 Å². The van der Waals surface area contributed by atoms with Crippen molar-refractivity contribution in [1.82, 2.24) is 24.5 Å². The number of amides is 1. The highest BCUT2D eigenvalue weighted by Crippen LogP contribution is 2.09. The Morgan fingerprint density at radius 3 is 2.90 bits per heavy atom. The number of nitrogens with zero attached hydrogens (tertiary/aromatic N) is 5. The predicted octanol–water partition coefficient (Wildman–Crippen LogP) is 0.778. The second-order valence-electron chi connectivity index (χ2n) is 4.05. The number of hydrogen-bond acceptors (Lipinski definition) is 6. The summed E-state index contributed by atoms with van der Waals surface area (Å²) in [4.78, 5) is 26.7. The van der Waals surface area contributed by atoms with E-state index in [1.165, 1.54) is 0 Å². The molecule has 0 bridgehead atoms. The van der Waals surface area contributed by atoms with Crippen LogP contribution in [0, 0.1) is 0 Å². The zero-order valence-electron chi connectivity index (χ0n) is 10.7. The van der Waals surface area contributed by atoms with E-state index in [0.29, 0.717) is 24.9 Å². The summed E-state index contributed by atoms with van der Waals surface area (Å²) < 4.78 is 1.63. The number of nitrogens with one attached hydrogen (secondary N) is 1. The SMILES string of the molecule is NC(=O)CCCCNc1nc(Cl)nc(-n2ccnc2)n1. The van der Waals surface area contributed by atoms with Crippen molar-refractivity contribution in [1.29, 1.82) is 0 Å². The van der Waals surface area contributed by atoms with Crippen LogP contribution in [0.3, 0.4) is 0 Å². The summed E-state index contributed by atoms with van der Waals surface area (Å²) in [6.07, 6.45) is 6.78. The molecule has 0 saturated carbocycles. The molecule has 0 aliphatic carbocycles. The van der Waals surface area contributed by atoms with E-state index in [-0.39, 0.29) is 11.2 Å². The molecule has 8 nitrogen and oxygen atoms in total. The van der Waals surface area contributed by atoms with Gasteiger partial charge in [-0.2, -0.15) is 15.0 Å². The molecule has 0 spiro atoms. The summed E-state index contributed by atoms with van der Waals surface area (Å²) in [5, 5.41) is 3.13. The largest absolute Gasteiger partial charge is 0.370 e. The summed E-state index contributed by atoms with van der Waals surface area (Å²) >= 11 is 5.85. The van der Waals surface area contributed by atoms with E-state index in [9.17, 15) is 4.79 Å². The van der Waals surface area contributed by atoms with Crippen molar-refractivity contribution in [2.45, 2.75) is 19.3 Å². The van der Waals surface area contributed by atoms with Gasteiger partial charge in [-0.1, -0.05) is 0 Å². The van der Waals surface area contributed by atoms with Crippen LogP contribution in [0.1, 0.15) is 19.3 Å². The highest BCUT2D eigenvalue weighted by atomic mass is 35.5. The Morgan fingerprint density at radius 2 is 2.20 bits per heavy atom. The fourth-order valence-electron chi connectivity index (χ4n) is 1.54. The normalized spacial score (nSPS) is 10.4. The van der Waals surface area contributed by atoms with Crippen LogP contribution in [0.4, 0.5) is 5.95 Å². The first kappa shape index (κ1) is 14.2. The molecular weight excluding hydrogens is 282 g/mol. The Bertz CT molecular complexity index is 572. The van der Waals surface area contributed by atoms with Crippen molar-refractivity contribution in [3.05, 3.63) is 24.0 Å². The predicted molar refractivity (Wildman–Crippen MR) is 73.5 cm³/mol. The van der Waals surface area contributed by atoms with Gasteiger partial charge in [0, 0.05) is 25.4 Å². The third-order valence-electron chi connectivity index (χ3n) is 2.46. The standard InChI is InChI=1S/C11H14ClN7O/c12-9-16-10(15-4-2-1-3-8(13)20)18-11(17-9)19-6-5-14-7-19/h5-7H,1-4H2,(H2,13,20)(H,15,16,17,18). The van der Waals surface area contributed by atoms with E-state index in [1.807, 2.05) is 0 Å². The van der Waals surface area contributed by atoms with Crippen LogP contribution in [0.15, 0.2) is 18.7 Å². The lowest BCUT2D eigenvalue weighted by atomic mass is 10.2. The fraction of sp³-hybridized carbons (Fsp3) is 0.364. The average molecular weight is 296 g/mol. The molecule has 3 N–H and O–H groups in total. The van der Waals surface area contributed by atoms with Gasteiger partial charge < -0.3 is 11.1 Å². The van der Waals surface area contributed by atoms with Crippen molar-refractivity contribution in [2.75, 3.05) is 11.9 Å². The molecule has 0 fully saturated rings. The Labute approximate surface area is 120 Å². The van der Waals surface area contributed by atoms with Crippen molar-refractivity contribution in [3.8, 4) is 5.95 Å². The summed E-state index contributed by atoms with van der Waals surface area (Å²) in [6.45, 7) is 0.622. The number of carbonyl (C=O) groups is 1. The molecule has 106 valence electrons. The first-order valence-corrected chi connectivity index (χ1v) is 6.45. The topological polar surface area (TPSA) is 112 Å². The summed E-state index contributed by atoms with van der Waals surface area (Å²) in [5.41, 5.74) is 5.06. The summed E-state index contributed by atoms with van der Waals surface area (Å²) in [5.74, 6) is 0.477. The van der Waals surface area contributed by atoms with Gasteiger partial charge in [0.1, 0.15) is 6.33 Å². The number of primary amides is 1. The van der Waals surface area contributed by atoms with Crippen LogP contribution >= 0.6 is 11.6 Å². The highest BCUT2D eigenvalue weighted by Gasteiger charge is 2.06. The van der Waals surface area contributed by atoms with Crippen molar-refractivity contribution in [3.63, 3.8) is 0 Å². The molecule has 2 aromatic heterocycles. The number of imidazole rings is 1. The second kappa shape index (κ2) is 6.80. The molecule has 1 amide bonds. The molecule has 2 heterocycles. The monoisotopic (exact) mass is 295 g/mol. The maximum atomic E-state index is 10.6. The molecule has 20 heavy (non-hydrogen) atoms. The van der Waals surface area contributed by atoms with Crippen LogP contribution in [0.5, 0.6) is 0 Å². The number of rotatable bonds is 7. The number of carbonyl (C=O) groups excluding carboxylic acids is 1. The van der Waals surface area contributed by atoms with Crippen LogP contribution in [0.2, 0.25) is 5.28 Å². The molecule has 0 aromatic carbocycles. The van der Waals surface area contributed by atoms with Gasteiger partial charge in [0.15, 0.2) is 0 Å². The lowest BCUT2D eigenvalue weighted by Gasteiger charge is -2.06. The molecule has 2 rings (SSSR count). The maximum Gasteiger partial charge on any atom is 0.241 e. The Morgan fingerprint density at radius 1 is 1.35 bits per heavy atom. The maximum absolute atomic E-state index is 10.6. The first-order valence-electron chi connectivity index (χ1n) is 6.07. The van der Waals surface area contributed by atoms with Crippen molar-refractivity contribution >= 4 is 23.5 Å². The van der Waals surface area contributed by atoms with Gasteiger partial charge in [0.05, 0.1) is 0 Å². The van der Waals surface area contributed by atoms with Gasteiger partial charge in [0.25, 0.3) is 0 Å². The molecule has 9 heteroatoms. The molecule has 0 radical (unpaired) electrons.